The summed E-state index contributed by atoms with van der Waals surface area (Å²) in [5.41, 5.74) is 1.03. The summed E-state index contributed by atoms with van der Waals surface area (Å²) >= 11 is 0. The van der Waals surface area contributed by atoms with E-state index in [1.54, 1.807) is 13.0 Å². The van der Waals surface area contributed by atoms with Crippen LogP contribution < -0.4 is 4.74 Å². The van der Waals surface area contributed by atoms with Crippen molar-refractivity contribution in [1.82, 2.24) is 0 Å². The standard InChI is InChI=1S/C20H18O3/c1-4-13-20(23-19(21)14(2)3)15-9-5-7-11-17(15)22-18-12-8-6-10-16(18)20/h4-12H,1-2,13H2,3H3. The Bertz CT molecular complexity index is 743. The molecule has 0 unspecified atom stereocenters. The molecule has 0 saturated carbocycles. The lowest BCUT2D eigenvalue weighted by atomic mass is 9.80. The molecule has 0 radical (unpaired) electrons. The van der Waals surface area contributed by atoms with Crippen LogP contribution in [0.2, 0.25) is 0 Å². The average Bonchev–Trinajstić information content (AvgIpc) is 2.55. The van der Waals surface area contributed by atoms with Crippen molar-refractivity contribution in [2.24, 2.45) is 0 Å². The van der Waals surface area contributed by atoms with E-state index in [2.05, 4.69) is 13.2 Å². The highest BCUT2D eigenvalue weighted by atomic mass is 16.6. The van der Waals surface area contributed by atoms with Gasteiger partial charge in [0.15, 0.2) is 5.60 Å². The first-order chi connectivity index (χ1) is 11.1. The monoisotopic (exact) mass is 306 g/mol. The number of ether oxygens (including phenoxy) is 2. The van der Waals surface area contributed by atoms with Crippen molar-refractivity contribution in [2.75, 3.05) is 0 Å². The van der Waals surface area contributed by atoms with Crippen molar-refractivity contribution < 1.29 is 14.3 Å². The van der Waals surface area contributed by atoms with E-state index in [1.807, 2.05) is 48.5 Å². The summed E-state index contributed by atoms with van der Waals surface area (Å²) in [4.78, 5) is 12.3. The van der Waals surface area contributed by atoms with Crippen molar-refractivity contribution in [3.63, 3.8) is 0 Å². The van der Waals surface area contributed by atoms with Gasteiger partial charge in [-0.1, -0.05) is 49.1 Å². The number of carbonyl (C=O) groups excluding carboxylic acids is 1. The maximum absolute atomic E-state index is 12.3. The number of fused-ring (bicyclic) bond motifs is 2. The average molecular weight is 306 g/mol. The Morgan fingerprint density at radius 3 is 2.13 bits per heavy atom. The third-order valence-electron chi connectivity index (χ3n) is 3.91. The van der Waals surface area contributed by atoms with E-state index in [-0.39, 0.29) is 0 Å². The van der Waals surface area contributed by atoms with Gasteiger partial charge in [0.05, 0.1) is 0 Å². The molecule has 0 amide bonds. The van der Waals surface area contributed by atoms with Gasteiger partial charge in [0, 0.05) is 23.1 Å². The molecule has 1 aliphatic heterocycles. The molecule has 1 aliphatic rings. The molecular weight excluding hydrogens is 288 g/mol. The number of esters is 1. The van der Waals surface area contributed by atoms with Gasteiger partial charge in [-0.25, -0.2) is 4.79 Å². The Morgan fingerprint density at radius 1 is 1.13 bits per heavy atom. The van der Waals surface area contributed by atoms with Crippen LogP contribution in [0.15, 0.2) is 73.3 Å². The fourth-order valence-corrected chi connectivity index (χ4v) is 2.86. The molecule has 0 spiro atoms. The lowest BCUT2D eigenvalue weighted by Crippen LogP contribution is -2.36. The molecule has 1 heterocycles. The van der Waals surface area contributed by atoms with Gasteiger partial charge < -0.3 is 9.47 Å². The molecule has 0 aromatic heterocycles. The summed E-state index contributed by atoms with van der Waals surface area (Å²) in [5, 5.41) is 0. The molecule has 0 saturated heterocycles. The second kappa shape index (κ2) is 5.76. The van der Waals surface area contributed by atoms with Crippen LogP contribution in [0.1, 0.15) is 24.5 Å². The summed E-state index contributed by atoms with van der Waals surface area (Å²) in [6.07, 6.45) is 2.20. The third kappa shape index (κ3) is 2.44. The van der Waals surface area contributed by atoms with E-state index in [9.17, 15) is 4.79 Å². The maximum atomic E-state index is 12.3. The molecule has 3 nitrogen and oxygen atoms in total. The lowest BCUT2D eigenvalue weighted by molar-refractivity contribution is -0.152. The first kappa shape index (κ1) is 15.1. The van der Waals surface area contributed by atoms with E-state index >= 15 is 0 Å². The van der Waals surface area contributed by atoms with Crippen LogP contribution in [0.3, 0.4) is 0 Å². The van der Waals surface area contributed by atoms with E-state index in [1.165, 1.54) is 0 Å². The summed E-state index contributed by atoms with van der Waals surface area (Å²) < 4.78 is 11.9. The highest BCUT2D eigenvalue weighted by molar-refractivity contribution is 5.88. The molecular formula is C20H18O3. The smallest absolute Gasteiger partial charge is 0.334 e. The summed E-state index contributed by atoms with van der Waals surface area (Å²) in [5.74, 6) is 0.934. The number of hydrogen-bond donors (Lipinski definition) is 0. The molecule has 2 aromatic carbocycles. The molecule has 0 aliphatic carbocycles. The number of para-hydroxylation sites is 2. The Morgan fingerprint density at radius 2 is 1.65 bits per heavy atom. The van der Waals surface area contributed by atoms with Crippen molar-refractivity contribution in [3.05, 3.63) is 84.5 Å². The minimum absolute atomic E-state index is 0.356. The molecule has 0 N–H and O–H groups in total. The van der Waals surface area contributed by atoms with Gasteiger partial charge >= 0.3 is 5.97 Å². The Hall–Kier alpha value is -2.81. The van der Waals surface area contributed by atoms with Gasteiger partial charge in [0.25, 0.3) is 0 Å². The molecule has 0 atom stereocenters. The molecule has 0 bridgehead atoms. The predicted octanol–water partition coefficient (Wildman–Crippen LogP) is 4.73. The Balaban J connectivity index is 2.26. The molecule has 116 valence electrons. The summed E-state index contributed by atoms with van der Waals surface area (Å²) in [6.45, 7) is 9.18. The zero-order valence-electron chi connectivity index (χ0n) is 13.0. The molecule has 0 fully saturated rings. The van der Waals surface area contributed by atoms with E-state index < -0.39 is 11.6 Å². The fraction of sp³-hybridized carbons (Fsp3) is 0.150. The van der Waals surface area contributed by atoms with Crippen LogP contribution >= 0.6 is 0 Å². The van der Waals surface area contributed by atoms with E-state index in [0.717, 1.165) is 11.1 Å². The molecule has 3 heteroatoms. The second-order valence-electron chi connectivity index (χ2n) is 5.58. The van der Waals surface area contributed by atoms with Crippen LogP contribution in [0.5, 0.6) is 11.5 Å². The van der Waals surface area contributed by atoms with Gasteiger partial charge in [-0.2, -0.15) is 0 Å². The minimum Gasteiger partial charge on any atom is -0.456 e. The maximum Gasteiger partial charge on any atom is 0.334 e. The van der Waals surface area contributed by atoms with E-state index in [4.69, 9.17) is 9.47 Å². The lowest BCUT2D eigenvalue weighted by Gasteiger charge is -2.39. The largest absolute Gasteiger partial charge is 0.456 e. The highest BCUT2D eigenvalue weighted by Gasteiger charge is 2.44. The Labute approximate surface area is 135 Å². The van der Waals surface area contributed by atoms with Gasteiger partial charge in [0.2, 0.25) is 0 Å². The minimum atomic E-state index is -0.955. The van der Waals surface area contributed by atoms with E-state index in [0.29, 0.717) is 23.5 Å². The van der Waals surface area contributed by atoms with Crippen LogP contribution in [0, 0.1) is 0 Å². The number of carbonyl (C=O) groups is 1. The van der Waals surface area contributed by atoms with Crippen LogP contribution in [-0.4, -0.2) is 5.97 Å². The number of hydrogen-bond acceptors (Lipinski definition) is 3. The van der Waals surface area contributed by atoms with Gasteiger partial charge in [-0.15, -0.1) is 6.58 Å². The second-order valence-corrected chi connectivity index (χ2v) is 5.58. The first-order valence-corrected chi connectivity index (χ1v) is 7.45. The number of benzene rings is 2. The summed E-state index contributed by atoms with van der Waals surface area (Å²) in [7, 11) is 0. The molecule has 2 aromatic rings. The molecule has 3 rings (SSSR count). The van der Waals surface area contributed by atoms with Crippen molar-refractivity contribution in [3.8, 4) is 11.5 Å². The van der Waals surface area contributed by atoms with Crippen LogP contribution in [0.25, 0.3) is 0 Å². The van der Waals surface area contributed by atoms with Crippen molar-refractivity contribution in [2.45, 2.75) is 18.9 Å². The fourth-order valence-electron chi connectivity index (χ4n) is 2.86. The number of rotatable bonds is 4. The first-order valence-electron chi connectivity index (χ1n) is 7.45. The van der Waals surface area contributed by atoms with Gasteiger partial charge in [0.1, 0.15) is 11.5 Å². The van der Waals surface area contributed by atoms with Crippen molar-refractivity contribution >= 4 is 5.97 Å². The van der Waals surface area contributed by atoms with Crippen molar-refractivity contribution in [1.29, 1.82) is 0 Å². The Kier molecular flexibility index (Phi) is 3.78. The zero-order chi connectivity index (χ0) is 16.4. The normalized spacial score (nSPS) is 14.0. The summed E-state index contributed by atoms with van der Waals surface area (Å²) in [6, 6.07) is 15.2. The quantitative estimate of drug-likeness (QED) is 0.465. The molecule has 23 heavy (non-hydrogen) atoms. The topological polar surface area (TPSA) is 35.5 Å². The SMILES string of the molecule is C=CCC1(OC(=O)C(=C)C)c2ccccc2Oc2ccccc21. The van der Waals surface area contributed by atoms with Crippen LogP contribution in [-0.2, 0) is 15.1 Å². The third-order valence-corrected chi connectivity index (χ3v) is 3.91. The zero-order valence-corrected chi connectivity index (χ0v) is 13.0. The van der Waals surface area contributed by atoms with Crippen LogP contribution in [0.4, 0.5) is 0 Å². The highest BCUT2D eigenvalue weighted by Crippen LogP contribution is 2.50. The van der Waals surface area contributed by atoms with Gasteiger partial charge in [-0.05, 0) is 19.1 Å². The predicted molar refractivity (Wildman–Crippen MR) is 89.5 cm³/mol. The van der Waals surface area contributed by atoms with Gasteiger partial charge in [-0.3, -0.25) is 0 Å².